The van der Waals surface area contributed by atoms with Crippen LogP contribution in [0.5, 0.6) is 0 Å². The average Bonchev–Trinajstić information content (AvgIpc) is 2.61. The van der Waals surface area contributed by atoms with E-state index in [-0.39, 0.29) is 36.9 Å². The van der Waals surface area contributed by atoms with Gasteiger partial charge in [0.25, 0.3) is 0 Å². The van der Waals surface area contributed by atoms with Crippen LogP contribution in [-0.2, 0) is 16.2 Å². The number of rotatable bonds is 3. The number of hydrogen-bond acceptors (Lipinski definition) is 3. The Hall–Kier alpha value is -1.91. The van der Waals surface area contributed by atoms with Gasteiger partial charge in [-0.3, -0.25) is 0 Å². The molecule has 0 bridgehead atoms. The van der Waals surface area contributed by atoms with Crippen molar-refractivity contribution in [3.63, 3.8) is 0 Å². The van der Waals surface area contributed by atoms with Gasteiger partial charge in [-0.25, -0.2) is 17.2 Å². The third-order valence-electron chi connectivity index (χ3n) is 4.37. The molecule has 0 amide bonds. The maximum absolute atomic E-state index is 13.9. The lowest BCUT2D eigenvalue weighted by Gasteiger charge is -2.35. The number of hydrogen-bond donors (Lipinski definition) is 0. The summed E-state index contributed by atoms with van der Waals surface area (Å²) in [5.74, 6) is -1.51. The molecule has 4 nitrogen and oxygen atoms in total. The summed E-state index contributed by atoms with van der Waals surface area (Å²) in [4.78, 5) is 0.902. The van der Waals surface area contributed by atoms with Gasteiger partial charge in [0.05, 0.1) is 16.3 Å². The first kappa shape index (κ1) is 20.8. The Balaban J connectivity index is 1.82. The fraction of sp³-hybridized carbons (Fsp3) is 0.294. The smallest absolute Gasteiger partial charge is 0.367 e. The largest absolute Gasteiger partial charge is 0.416 e. The molecule has 152 valence electrons. The number of anilines is 1. The van der Waals surface area contributed by atoms with E-state index >= 15 is 0 Å². The Labute approximate surface area is 163 Å². The molecular formula is C17H14ClF5N2O2S. The molecule has 11 heteroatoms. The second kappa shape index (κ2) is 7.49. The predicted molar refractivity (Wildman–Crippen MR) is 93.8 cm³/mol. The van der Waals surface area contributed by atoms with Crippen molar-refractivity contribution in [1.29, 1.82) is 0 Å². The van der Waals surface area contributed by atoms with Gasteiger partial charge in [0, 0.05) is 32.2 Å². The summed E-state index contributed by atoms with van der Waals surface area (Å²) < 4.78 is 92.2. The van der Waals surface area contributed by atoms with Crippen LogP contribution in [0.4, 0.5) is 27.6 Å². The second-order valence-corrected chi connectivity index (χ2v) is 8.44. The van der Waals surface area contributed by atoms with E-state index in [1.807, 2.05) is 0 Å². The number of sulfonamides is 1. The zero-order chi connectivity index (χ0) is 20.7. The Morgan fingerprint density at radius 1 is 0.929 bits per heavy atom. The van der Waals surface area contributed by atoms with E-state index in [1.165, 1.54) is 11.0 Å². The summed E-state index contributed by atoms with van der Waals surface area (Å²) in [6.45, 7) is -0.0197. The van der Waals surface area contributed by atoms with Crippen molar-refractivity contribution in [1.82, 2.24) is 4.31 Å². The molecule has 0 aromatic heterocycles. The molecule has 1 fully saturated rings. The Kier molecular flexibility index (Phi) is 5.57. The fourth-order valence-corrected chi connectivity index (χ4v) is 4.85. The first-order valence-corrected chi connectivity index (χ1v) is 9.89. The molecule has 1 aliphatic rings. The van der Waals surface area contributed by atoms with Gasteiger partial charge in [-0.2, -0.15) is 17.5 Å². The molecule has 0 N–H and O–H groups in total. The molecule has 0 aliphatic carbocycles. The third kappa shape index (κ3) is 4.08. The first-order valence-electron chi connectivity index (χ1n) is 8.07. The van der Waals surface area contributed by atoms with Gasteiger partial charge in [0.1, 0.15) is 16.5 Å². The fourth-order valence-electron chi connectivity index (χ4n) is 2.92. The molecule has 1 aliphatic heterocycles. The molecule has 0 unspecified atom stereocenters. The van der Waals surface area contributed by atoms with Crippen LogP contribution >= 0.6 is 11.6 Å². The highest BCUT2D eigenvalue weighted by molar-refractivity contribution is 7.89. The standard InChI is InChI=1S/C17H14ClF5N2O2S/c18-13-3-1-11(17(21,22)23)9-16(13)28(26,27)25-7-5-24(6-8-25)15-4-2-12(19)10-14(15)20/h1-4,9-10H,5-8H2. The molecule has 0 spiro atoms. The van der Waals surface area contributed by atoms with Crippen molar-refractivity contribution in [2.24, 2.45) is 0 Å². The van der Waals surface area contributed by atoms with Crippen molar-refractivity contribution in [3.8, 4) is 0 Å². The van der Waals surface area contributed by atoms with Gasteiger partial charge >= 0.3 is 6.18 Å². The van der Waals surface area contributed by atoms with E-state index in [9.17, 15) is 30.4 Å². The van der Waals surface area contributed by atoms with Gasteiger partial charge in [-0.15, -0.1) is 0 Å². The van der Waals surface area contributed by atoms with Crippen molar-refractivity contribution < 1.29 is 30.4 Å². The molecule has 1 heterocycles. The maximum Gasteiger partial charge on any atom is 0.416 e. The van der Waals surface area contributed by atoms with E-state index in [1.54, 1.807) is 0 Å². The van der Waals surface area contributed by atoms with Gasteiger partial charge in [-0.05, 0) is 30.3 Å². The maximum atomic E-state index is 13.9. The third-order valence-corrected chi connectivity index (χ3v) is 6.75. The highest BCUT2D eigenvalue weighted by Crippen LogP contribution is 2.34. The van der Waals surface area contributed by atoms with Gasteiger partial charge in [-0.1, -0.05) is 11.6 Å². The summed E-state index contributed by atoms with van der Waals surface area (Å²) in [5.41, 5.74) is -1.00. The predicted octanol–water partition coefficient (Wildman–Crippen LogP) is 4.15. The zero-order valence-corrected chi connectivity index (χ0v) is 15.8. The van der Waals surface area contributed by atoms with Crippen molar-refractivity contribution in [2.45, 2.75) is 11.1 Å². The summed E-state index contributed by atoms with van der Waals surface area (Å²) in [6.07, 6.45) is -4.71. The van der Waals surface area contributed by atoms with Gasteiger partial charge < -0.3 is 4.90 Å². The average molecular weight is 441 g/mol. The second-order valence-electron chi connectivity index (χ2n) is 6.13. The minimum Gasteiger partial charge on any atom is -0.367 e. The molecule has 2 aromatic rings. The Morgan fingerprint density at radius 2 is 1.57 bits per heavy atom. The van der Waals surface area contributed by atoms with Crippen molar-refractivity contribution >= 4 is 27.3 Å². The molecule has 0 radical (unpaired) electrons. The van der Waals surface area contributed by atoms with Crippen LogP contribution in [0.15, 0.2) is 41.3 Å². The molecule has 28 heavy (non-hydrogen) atoms. The molecular weight excluding hydrogens is 427 g/mol. The normalized spacial score (nSPS) is 16.4. The van der Waals surface area contributed by atoms with E-state index in [0.29, 0.717) is 12.1 Å². The number of benzene rings is 2. The van der Waals surface area contributed by atoms with E-state index in [0.717, 1.165) is 22.5 Å². The molecule has 1 saturated heterocycles. The minimum atomic E-state index is -4.71. The van der Waals surface area contributed by atoms with Crippen LogP contribution in [0.3, 0.4) is 0 Å². The first-order chi connectivity index (χ1) is 13.0. The summed E-state index contributed by atoms with van der Waals surface area (Å²) in [5, 5.41) is -0.319. The van der Waals surface area contributed by atoms with Crippen LogP contribution < -0.4 is 4.90 Å². The quantitative estimate of drug-likeness (QED) is 0.673. The molecule has 2 aromatic carbocycles. The molecule has 0 saturated carbocycles. The lowest BCUT2D eigenvalue weighted by atomic mass is 10.2. The van der Waals surface area contributed by atoms with Gasteiger partial charge in [0.15, 0.2) is 0 Å². The minimum absolute atomic E-state index is 0.0817. The summed E-state index contributed by atoms with van der Waals surface area (Å²) in [7, 11) is -4.28. The zero-order valence-electron chi connectivity index (χ0n) is 14.2. The summed E-state index contributed by atoms with van der Waals surface area (Å²) >= 11 is 5.84. The van der Waals surface area contributed by atoms with Crippen LogP contribution in [0.1, 0.15) is 5.56 Å². The van der Waals surface area contributed by atoms with E-state index in [2.05, 4.69) is 0 Å². The topological polar surface area (TPSA) is 40.6 Å². The summed E-state index contributed by atoms with van der Waals surface area (Å²) in [6, 6.07) is 5.16. The number of nitrogens with zero attached hydrogens (tertiary/aromatic N) is 2. The van der Waals surface area contributed by atoms with Crippen LogP contribution in [0.25, 0.3) is 0 Å². The Morgan fingerprint density at radius 3 is 2.14 bits per heavy atom. The monoisotopic (exact) mass is 440 g/mol. The Bertz CT molecular complexity index is 990. The SMILES string of the molecule is O=S(=O)(c1cc(C(F)(F)F)ccc1Cl)N1CCN(c2ccc(F)cc2F)CC1. The lowest BCUT2D eigenvalue weighted by Crippen LogP contribution is -2.49. The highest BCUT2D eigenvalue weighted by atomic mass is 35.5. The lowest BCUT2D eigenvalue weighted by molar-refractivity contribution is -0.137. The highest BCUT2D eigenvalue weighted by Gasteiger charge is 2.35. The number of piperazine rings is 1. The van der Waals surface area contributed by atoms with E-state index < -0.39 is 38.3 Å². The molecule has 0 atom stereocenters. The van der Waals surface area contributed by atoms with Crippen LogP contribution in [0, 0.1) is 11.6 Å². The van der Waals surface area contributed by atoms with Crippen LogP contribution in [-0.4, -0.2) is 38.9 Å². The van der Waals surface area contributed by atoms with Gasteiger partial charge in [0.2, 0.25) is 10.0 Å². The molecule has 3 rings (SSSR count). The van der Waals surface area contributed by atoms with Crippen LogP contribution in [0.2, 0.25) is 5.02 Å². The number of alkyl halides is 3. The van der Waals surface area contributed by atoms with E-state index in [4.69, 9.17) is 11.6 Å². The number of halogens is 6. The van der Waals surface area contributed by atoms with Crippen molar-refractivity contribution in [3.05, 3.63) is 58.6 Å². The van der Waals surface area contributed by atoms with Crippen molar-refractivity contribution in [2.75, 3.05) is 31.1 Å².